The van der Waals surface area contributed by atoms with E-state index in [9.17, 15) is 37.6 Å². The van der Waals surface area contributed by atoms with Crippen LogP contribution in [0, 0.1) is 0 Å². The first-order chi connectivity index (χ1) is 20.5. The van der Waals surface area contributed by atoms with E-state index < -0.39 is 54.0 Å². The third-order valence-corrected chi connectivity index (χ3v) is 6.75. The van der Waals surface area contributed by atoms with E-state index in [2.05, 4.69) is 25.6 Å². The number of amides is 3. The molecule has 2 unspecified atom stereocenters. The Morgan fingerprint density at radius 1 is 1.14 bits per heavy atom. The van der Waals surface area contributed by atoms with E-state index >= 15 is 0 Å². The van der Waals surface area contributed by atoms with Gasteiger partial charge < -0.3 is 30.5 Å². The first kappa shape index (κ1) is 36.5. The average molecular weight is 657 g/mol. The summed E-state index contributed by atoms with van der Waals surface area (Å²) in [7, 11) is 0. The second-order valence-corrected chi connectivity index (χ2v) is 9.67. The van der Waals surface area contributed by atoms with Gasteiger partial charge in [0.1, 0.15) is 12.3 Å². The van der Waals surface area contributed by atoms with Gasteiger partial charge in [0.15, 0.2) is 5.69 Å². The number of rotatable bonds is 11. The molecule has 0 spiro atoms. The van der Waals surface area contributed by atoms with Crippen LogP contribution in [0.15, 0.2) is 53.1 Å². The zero-order valence-electron chi connectivity index (χ0n) is 24.1. The van der Waals surface area contributed by atoms with Gasteiger partial charge in [-0.1, -0.05) is 61.5 Å². The SMILES string of the molecule is CC.O=CC(C[C@@H]1CCCN1O)NC(=O)CNC(=O)C(Cc1cccc2ccccc12)NC(=O)c1cc(C(F)(F)F)on1.[V]. The summed E-state index contributed by atoms with van der Waals surface area (Å²) in [5.41, 5.74) is -0.0141. The molecule has 0 bridgehead atoms. The summed E-state index contributed by atoms with van der Waals surface area (Å²) in [6.45, 7) is 3.93. The molecule has 3 aromatic rings. The number of hydroxylamine groups is 2. The maximum atomic E-state index is 13.2. The van der Waals surface area contributed by atoms with E-state index in [1.54, 1.807) is 18.2 Å². The number of benzene rings is 2. The first-order valence-corrected chi connectivity index (χ1v) is 13.8. The molecule has 1 aliphatic rings. The Bertz CT molecular complexity index is 1410. The topological polar surface area (TPSA) is 154 Å². The second-order valence-electron chi connectivity index (χ2n) is 9.67. The molecule has 1 saturated heterocycles. The number of halogens is 3. The third kappa shape index (κ3) is 9.91. The van der Waals surface area contributed by atoms with Crippen molar-refractivity contribution in [2.24, 2.45) is 0 Å². The second kappa shape index (κ2) is 16.9. The molecule has 2 heterocycles. The summed E-state index contributed by atoms with van der Waals surface area (Å²) in [6, 6.07) is 10.6. The van der Waals surface area contributed by atoms with Crippen LogP contribution < -0.4 is 16.0 Å². The summed E-state index contributed by atoms with van der Waals surface area (Å²) in [5.74, 6) is -4.03. The Morgan fingerprint density at radius 3 is 2.48 bits per heavy atom. The largest absolute Gasteiger partial charge is 0.452 e. The molecule has 15 heteroatoms. The third-order valence-electron chi connectivity index (χ3n) is 6.75. The van der Waals surface area contributed by atoms with Crippen LogP contribution in [0.2, 0.25) is 0 Å². The summed E-state index contributed by atoms with van der Waals surface area (Å²) in [6.07, 6.45) is -2.76. The van der Waals surface area contributed by atoms with Gasteiger partial charge in [0, 0.05) is 43.6 Å². The number of carbonyl (C=O) groups is 4. The van der Waals surface area contributed by atoms with Gasteiger partial charge >= 0.3 is 6.18 Å². The quantitative estimate of drug-likeness (QED) is 0.230. The van der Waals surface area contributed by atoms with Crippen LogP contribution in [0.1, 0.15) is 54.9 Å². The Hall–Kier alpha value is -3.72. The molecule has 1 aromatic heterocycles. The minimum atomic E-state index is -4.86. The summed E-state index contributed by atoms with van der Waals surface area (Å²) < 4.78 is 42.9. The van der Waals surface area contributed by atoms with Crippen molar-refractivity contribution in [2.45, 2.75) is 63.8 Å². The fourth-order valence-corrected chi connectivity index (χ4v) is 4.70. The van der Waals surface area contributed by atoms with E-state index in [1.807, 2.05) is 38.1 Å². The van der Waals surface area contributed by atoms with Crippen molar-refractivity contribution < 1.29 is 60.6 Å². The molecule has 4 N–H and O–H groups in total. The van der Waals surface area contributed by atoms with Crippen LogP contribution in [-0.2, 0) is 45.5 Å². The van der Waals surface area contributed by atoms with Crippen LogP contribution >= 0.6 is 0 Å². The van der Waals surface area contributed by atoms with Gasteiger partial charge in [-0.25, -0.2) is 0 Å². The Balaban J connectivity index is 0.00000220. The van der Waals surface area contributed by atoms with E-state index in [-0.39, 0.29) is 37.4 Å². The smallest absolute Gasteiger partial charge is 0.351 e. The minimum absolute atomic E-state index is 0. The van der Waals surface area contributed by atoms with Crippen molar-refractivity contribution in [1.29, 1.82) is 0 Å². The number of carbonyl (C=O) groups excluding carboxylic acids is 4. The van der Waals surface area contributed by atoms with Gasteiger partial charge in [-0.2, -0.15) is 18.2 Å². The van der Waals surface area contributed by atoms with Crippen molar-refractivity contribution in [1.82, 2.24) is 26.2 Å². The van der Waals surface area contributed by atoms with Crippen molar-refractivity contribution >= 4 is 34.8 Å². The van der Waals surface area contributed by atoms with Crippen molar-refractivity contribution in [3.05, 3.63) is 65.5 Å². The molecular weight excluding hydrogens is 622 g/mol. The van der Waals surface area contributed by atoms with Crippen LogP contribution in [0.3, 0.4) is 0 Å². The fourth-order valence-electron chi connectivity index (χ4n) is 4.70. The molecule has 237 valence electrons. The predicted octanol–water partition coefficient (Wildman–Crippen LogP) is 3.26. The monoisotopic (exact) mass is 656 g/mol. The number of nitrogens with zero attached hydrogens (tertiary/aromatic N) is 2. The summed E-state index contributed by atoms with van der Waals surface area (Å²) >= 11 is 0. The normalized spacial score (nSPS) is 16.1. The van der Waals surface area contributed by atoms with Gasteiger partial charge in [0.25, 0.3) is 5.91 Å². The van der Waals surface area contributed by atoms with Gasteiger partial charge in [0.2, 0.25) is 17.6 Å². The van der Waals surface area contributed by atoms with E-state index in [1.165, 1.54) is 0 Å². The number of hydrogen-bond donors (Lipinski definition) is 4. The van der Waals surface area contributed by atoms with Crippen LogP contribution in [0.25, 0.3) is 10.8 Å². The number of alkyl halides is 3. The van der Waals surface area contributed by atoms with Crippen molar-refractivity contribution in [3.8, 4) is 0 Å². The molecule has 3 atom stereocenters. The number of hydrogen-bond acceptors (Lipinski definition) is 8. The maximum absolute atomic E-state index is 13.2. The zero-order chi connectivity index (χ0) is 31.6. The predicted molar refractivity (Wildman–Crippen MR) is 149 cm³/mol. The van der Waals surface area contributed by atoms with E-state index in [0.29, 0.717) is 30.9 Å². The van der Waals surface area contributed by atoms with Crippen LogP contribution in [-0.4, -0.2) is 70.6 Å². The number of fused-ring (bicyclic) bond motifs is 1. The van der Waals surface area contributed by atoms with Crippen LogP contribution in [0.4, 0.5) is 13.2 Å². The molecule has 0 saturated carbocycles. The van der Waals surface area contributed by atoms with Crippen molar-refractivity contribution in [2.75, 3.05) is 13.1 Å². The van der Waals surface area contributed by atoms with E-state index in [0.717, 1.165) is 22.3 Å². The molecule has 1 fully saturated rings. The van der Waals surface area contributed by atoms with Crippen LogP contribution in [0.5, 0.6) is 0 Å². The molecular formula is C29H34F3N5O6V. The molecule has 1 radical (unpaired) electrons. The molecule has 4 rings (SSSR count). The van der Waals surface area contributed by atoms with Gasteiger partial charge in [0.05, 0.1) is 12.6 Å². The average Bonchev–Trinajstić information content (AvgIpc) is 3.66. The molecule has 11 nitrogen and oxygen atoms in total. The molecule has 0 aliphatic carbocycles. The Morgan fingerprint density at radius 2 is 1.84 bits per heavy atom. The first-order valence-electron chi connectivity index (χ1n) is 13.8. The Kier molecular flexibility index (Phi) is 14.1. The number of aromatic nitrogens is 1. The minimum Gasteiger partial charge on any atom is -0.351 e. The van der Waals surface area contributed by atoms with Crippen molar-refractivity contribution in [3.63, 3.8) is 0 Å². The molecule has 2 aromatic carbocycles. The Labute approximate surface area is 263 Å². The number of nitrogens with one attached hydrogen (secondary N) is 3. The van der Waals surface area contributed by atoms with Gasteiger partial charge in [-0.3, -0.25) is 14.4 Å². The fraction of sp³-hybridized carbons (Fsp3) is 0.414. The summed E-state index contributed by atoms with van der Waals surface area (Å²) in [4.78, 5) is 49.9. The zero-order valence-corrected chi connectivity index (χ0v) is 25.5. The number of aldehydes is 1. The molecule has 3 amide bonds. The van der Waals surface area contributed by atoms with Gasteiger partial charge in [-0.05, 0) is 35.6 Å². The summed E-state index contributed by atoms with van der Waals surface area (Å²) in [5, 5.41) is 23.0. The standard InChI is InChI=1S/C27H28F3N5O6.C2H6.V/c28-27(29,30)23-13-22(34-41-23)26(39)33-21(11-17-7-3-6-16-5-1-2-9-20(16)17)25(38)31-14-24(37)32-18(15-36)12-19-8-4-10-35(19)40;1-2;/h1-3,5-7,9,13,15,18-19,21,40H,4,8,10-12,14H2,(H,31,38)(H,32,37)(H,33,39);1-2H3;/t18?,19-,21?;;/m0../s1. The van der Waals surface area contributed by atoms with E-state index in [4.69, 9.17) is 0 Å². The van der Waals surface area contributed by atoms with Gasteiger partial charge in [-0.15, -0.1) is 0 Å². The molecule has 1 aliphatic heterocycles. The molecule has 44 heavy (non-hydrogen) atoms. The maximum Gasteiger partial charge on any atom is 0.452 e.